The van der Waals surface area contributed by atoms with Crippen LogP contribution in [0, 0.1) is 0 Å². The van der Waals surface area contributed by atoms with Crippen LogP contribution in [-0.4, -0.2) is 36.5 Å². The highest BCUT2D eigenvalue weighted by Crippen LogP contribution is 2.14. The number of amides is 1. The van der Waals surface area contributed by atoms with Crippen LogP contribution in [0.4, 0.5) is 0 Å². The number of carbonyl (C=O) groups is 1. The van der Waals surface area contributed by atoms with E-state index >= 15 is 0 Å². The minimum Gasteiger partial charge on any atom is -0.343 e. The molecular formula is C12H22N2O. The number of nitrogens with zero attached hydrogens (tertiary/aromatic N) is 1. The van der Waals surface area contributed by atoms with Crippen LogP contribution in [0.1, 0.15) is 44.9 Å². The Bertz CT molecular complexity index is 206. The Morgan fingerprint density at radius 2 is 1.93 bits per heavy atom. The molecule has 2 rings (SSSR count). The molecule has 1 amide bonds. The second kappa shape index (κ2) is 5.50. The highest BCUT2D eigenvalue weighted by molar-refractivity contribution is 5.76. The van der Waals surface area contributed by atoms with E-state index in [4.69, 9.17) is 0 Å². The van der Waals surface area contributed by atoms with Crippen molar-refractivity contribution in [2.75, 3.05) is 19.6 Å². The minimum absolute atomic E-state index is 0.370. The topological polar surface area (TPSA) is 32.3 Å². The van der Waals surface area contributed by atoms with Crippen molar-refractivity contribution in [3.8, 4) is 0 Å². The van der Waals surface area contributed by atoms with Gasteiger partial charge in [-0.1, -0.05) is 6.42 Å². The highest BCUT2D eigenvalue weighted by atomic mass is 16.2. The SMILES string of the molecule is O=C(CC1CCCCN1)N1CCCCC1. The first-order valence-electron chi connectivity index (χ1n) is 6.37. The molecule has 0 bridgehead atoms. The third-order valence-electron chi connectivity index (χ3n) is 3.54. The van der Waals surface area contributed by atoms with E-state index in [1.165, 1.54) is 38.5 Å². The van der Waals surface area contributed by atoms with Gasteiger partial charge in [0.05, 0.1) is 0 Å². The molecule has 3 nitrogen and oxygen atoms in total. The maximum atomic E-state index is 12.0. The Morgan fingerprint density at radius 1 is 1.13 bits per heavy atom. The molecule has 2 heterocycles. The zero-order chi connectivity index (χ0) is 10.5. The predicted molar refractivity (Wildman–Crippen MR) is 60.7 cm³/mol. The van der Waals surface area contributed by atoms with E-state index in [1.807, 2.05) is 0 Å². The van der Waals surface area contributed by atoms with Crippen LogP contribution in [0.15, 0.2) is 0 Å². The molecule has 0 aromatic rings. The van der Waals surface area contributed by atoms with Crippen LogP contribution in [0.5, 0.6) is 0 Å². The average molecular weight is 210 g/mol. The summed E-state index contributed by atoms with van der Waals surface area (Å²) in [5, 5.41) is 3.44. The fourth-order valence-corrected chi connectivity index (χ4v) is 2.58. The summed E-state index contributed by atoms with van der Waals surface area (Å²) in [4.78, 5) is 14.0. The van der Waals surface area contributed by atoms with Gasteiger partial charge in [-0.3, -0.25) is 4.79 Å². The van der Waals surface area contributed by atoms with Gasteiger partial charge in [0.15, 0.2) is 0 Å². The summed E-state index contributed by atoms with van der Waals surface area (Å²) in [5.41, 5.74) is 0. The first-order valence-corrected chi connectivity index (χ1v) is 6.37. The fraction of sp³-hybridized carbons (Fsp3) is 0.917. The summed E-state index contributed by atoms with van der Waals surface area (Å²) >= 11 is 0. The lowest BCUT2D eigenvalue weighted by Crippen LogP contribution is -2.42. The molecule has 0 aromatic heterocycles. The number of piperidine rings is 2. The summed E-state index contributed by atoms with van der Waals surface area (Å²) in [7, 11) is 0. The molecule has 0 aromatic carbocycles. The summed E-state index contributed by atoms with van der Waals surface area (Å²) in [6, 6.07) is 0.452. The van der Waals surface area contributed by atoms with Gasteiger partial charge in [-0.05, 0) is 38.6 Å². The van der Waals surface area contributed by atoms with Crippen molar-refractivity contribution in [2.45, 2.75) is 51.0 Å². The lowest BCUT2D eigenvalue weighted by molar-refractivity contribution is -0.132. The molecule has 86 valence electrons. The van der Waals surface area contributed by atoms with Gasteiger partial charge in [-0.25, -0.2) is 0 Å². The van der Waals surface area contributed by atoms with E-state index in [-0.39, 0.29) is 0 Å². The van der Waals surface area contributed by atoms with Crippen molar-refractivity contribution in [3.63, 3.8) is 0 Å². The standard InChI is InChI=1S/C12H22N2O/c15-12(14-8-4-1-5-9-14)10-11-6-2-3-7-13-11/h11,13H,1-10H2. The van der Waals surface area contributed by atoms with Crippen LogP contribution in [-0.2, 0) is 4.79 Å². The largest absolute Gasteiger partial charge is 0.343 e. The van der Waals surface area contributed by atoms with Crippen LogP contribution >= 0.6 is 0 Å². The Hall–Kier alpha value is -0.570. The van der Waals surface area contributed by atoms with Gasteiger partial charge >= 0.3 is 0 Å². The van der Waals surface area contributed by atoms with E-state index in [1.54, 1.807) is 0 Å². The number of carbonyl (C=O) groups excluding carboxylic acids is 1. The molecule has 15 heavy (non-hydrogen) atoms. The molecule has 0 aliphatic carbocycles. The lowest BCUT2D eigenvalue weighted by atomic mass is 10.0. The molecule has 1 N–H and O–H groups in total. The first-order chi connectivity index (χ1) is 7.36. The molecule has 2 aliphatic heterocycles. The summed E-state index contributed by atoms with van der Waals surface area (Å²) in [5.74, 6) is 0.370. The normalized spacial score (nSPS) is 27.7. The third kappa shape index (κ3) is 3.20. The first kappa shape index (κ1) is 10.9. The second-order valence-corrected chi connectivity index (χ2v) is 4.79. The molecule has 1 atom stereocenters. The van der Waals surface area contributed by atoms with Crippen LogP contribution in [0.3, 0.4) is 0 Å². The Balaban J connectivity index is 1.74. The second-order valence-electron chi connectivity index (χ2n) is 4.79. The number of likely N-dealkylation sites (tertiary alicyclic amines) is 1. The van der Waals surface area contributed by atoms with Gasteiger partial charge in [0, 0.05) is 25.6 Å². The summed E-state index contributed by atoms with van der Waals surface area (Å²) in [6.45, 7) is 3.08. The monoisotopic (exact) mass is 210 g/mol. The number of rotatable bonds is 2. The molecule has 3 heteroatoms. The van der Waals surface area contributed by atoms with Crippen LogP contribution < -0.4 is 5.32 Å². The van der Waals surface area contributed by atoms with Crippen LogP contribution in [0.2, 0.25) is 0 Å². The summed E-state index contributed by atoms with van der Waals surface area (Å²) in [6.07, 6.45) is 8.15. The zero-order valence-electron chi connectivity index (χ0n) is 9.50. The molecular weight excluding hydrogens is 188 g/mol. The van der Waals surface area contributed by atoms with Crippen LogP contribution in [0.25, 0.3) is 0 Å². The van der Waals surface area contributed by atoms with Gasteiger partial charge in [-0.15, -0.1) is 0 Å². The van der Waals surface area contributed by atoms with E-state index in [0.29, 0.717) is 11.9 Å². The average Bonchev–Trinajstić information content (AvgIpc) is 2.31. The predicted octanol–water partition coefficient (Wildman–Crippen LogP) is 1.53. The van der Waals surface area contributed by atoms with E-state index in [0.717, 1.165) is 26.1 Å². The van der Waals surface area contributed by atoms with Gasteiger partial charge in [0.1, 0.15) is 0 Å². The molecule has 0 saturated carbocycles. The maximum Gasteiger partial charge on any atom is 0.224 e. The molecule has 2 saturated heterocycles. The number of hydrogen-bond acceptors (Lipinski definition) is 2. The highest BCUT2D eigenvalue weighted by Gasteiger charge is 2.21. The molecule has 2 fully saturated rings. The van der Waals surface area contributed by atoms with Gasteiger partial charge < -0.3 is 10.2 Å². The van der Waals surface area contributed by atoms with Crippen molar-refractivity contribution in [1.82, 2.24) is 10.2 Å². The zero-order valence-corrected chi connectivity index (χ0v) is 9.50. The fourth-order valence-electron chi connectivity index (χ4n) is 2.58. The molecule has 0 spiro atoms. The van der Waals surface area contributed by atoms with Crippen molar-refractivity contribution in [1.29, 1.82) is 0 Å². The van der Waals surface area contributed by atoms with Gasteiger partial charge in [-0.2, -0.15) is 0 Å². The molecule has 2 aliphatic rings. The summed E-state index contributed by atoms with van der Waals surface area (Å²) < 4.78 is 0. The van der Waals surface area contributed by atoms with Crippen molar-refractivity contribution in [3.05, 3.63) is 0 Å². The maximum absolute atomic E-state index is 12.0. The molecule has 1 unspecified atom stereocenters. The van der Waals surface area contributed by atoms with Crippen molar-refractivity contribution < 1.29 is 4.79 Å². The van der Waals surface area contributed by atoms with Gasteiger partial charge in [0.25, 0.3) is 0 Å². The van der Waals surface area contributed by atoms with E-state index < -0.39 is 0 Å². The lowest BCUT2D eigenvalue weighted by Gasteiger charge is -2.30. The van der Waals surface area contributed by atoms with Crippen molar-refractivity contribution >= 4 is 5.91 Å². The quantitative estimate of drug-likeness (QED) is 0.749. The smallest absolute Gasteiger partial charge is 0.224 e. The third-order valence-corrected chi connectivity index (χ3v) is 3.54. The molecule has 0 radical (unpaired) electrons. The van der Waals surface area contributed by atoms with E-state index in [9.17, 15) is 4.79 Å². The number of hydrogen-bond donors (Lipinski definition) is 1. The Kier molecular flexibility index (Phi) is 4.01. The van der Waals surface area contributed by atoms with E-state index in [2.05, 4.69) is 10.2 Å². The van der Waals surface area contributed by atoms with Crippen molar-refractivity contribution in [2.24, 2.45) is 0 Å². The van der Waals surface area contributed by atoms with Gasteiger partial charge in [0.2, 0.25) is 5.91 Å². The number of nitrogens with one attached hydrogen (secondary N) is 1. The minimum atomic E-state index is 0.370. The Morgan fingerprint density at radius 3 is 2.60 bits per heavy atom. The Labute approximate surface area is 92.2 Å².